The zero-order valence-corrected chi connectivity index (χ0v) is 13.7. The molecule has 0 unspecified atom stereocenters. The average molecular weight is 314 g/mol. The van der Waals surface area contributed by atoms with Crippen LogP contribution in [-0.2, 0) is 11.3 Å². The standard InChI is InChI=1S/C15H24ClN3O2/c1-4-21-9-5-8-18-15(17-2)19-11-12-6-7-13(16)10-14(12)20-3/h6-7,10H,4-5,8-9,11H2,1-3H3,(H2,17,18,19). The molecule has 0 aliphatic carbocycles. The highest BCUT2D eigenvalue weighted by Crippen LogP contribution is 2.22. The zero-order valence-electron chi connectivity index (χ0n) is 12.9. The Bertz CT molecular complexity index is 453. The monoisotopic (exact) mass is 313 g/mol. The molecule has 0 bridgehead atoms. The first-order valence-electron chi connectivity index (χ1n) is 7.06. The number of methoxy groups -OCH3 is 1. The Morgan fingerprint density at radius 1 is 1.33 bits per heavy atom. The predicted octanol–water partition coefficient (Wildman–Crippen LogP) is 2.44. The van der Waals surface area contributed by atoms with Crippen LogP contribution >= 0.6 is 11.6 Å². The Morgan fingerprint density at radius 3 is 2.81 bits per heavy atom. The van der Waals surface area contributed by atoms with Gasteiger partial charge < -0.3 is 20.1 Å². The van der Waals surface area contributed by atoms with E-state index in [1.165, 1.54) is 0 Å². The van der Waals surface area contributed by atoms with Crippen LogP contribution in [0.1, 0.15) is 18.9 Å². The van der Waals surface area contributed by atoms with Gasteiger partial charge in [-0.05, 0) is 25.5 Å². The van der Waals surface area contributed by atoms with Crippen molar-refractivity contribution in [3.05, 3.63) is 28.8 Å². The van der Waals surface area contributed by atoms with Crippen molar-refractivity contribution in [1.82, 2.24) is 10.6 Å². The molecule has 0 aliphatic rings. The van der Waals surface area contributed by atoms with Crippen molar-refractivity contribution in [1.29, 1.82) is 0 Å². The van der Waals surface area contributed by atoms with Gasteiger partial charge in [0.25, 0.3) is 0 Å². The van der Waals surface area contributed by atoms with Crippen LogP contribution in [0.5, 0.6) is 5.75 Å². The summed E-state index contributed by atoms with van der Waals surface area (Å²) in [5.74, 6) is 1.52. The van der Waals surface area contributed by atoms with Crippen LogP contribution in [0.3, 0.4) is 0 Å². The summed E-state index contributed by atoms with van der Waals surface area (Å²) in [5.41, 5.74) is 1.03. The Balaban J connectivity index is 2.41. The van der Waals surface area contributed by atoms with Gasteiger partial charge in [-0.1, -0.05) is 17.7 Å². The number of nitrogens with one attached hydrogen (secondary N) is 2. The van der Waals surface area contributed by atoms with Crippen LogP contribution in [0.4, 0.5) is 0 Å². The summed E-state index contributed by atoms with van der Waals surface area (Å²) in [4.78, 5) is 4.18. The van der Waals surface area contributed by atoms with E-state index in [0.717, 1.165) is 43.5 Å². The molecular formula is C15H24ClN3O2. The summed E-state index contributed by atoms with van der Waals surface area (Å²) in [7, 11) is 3.38. The molecule has 5 nitrogen and oxygen atoms in total. The third-order valence-electron chi connectivity index (χ3n) is 2.88. The Labute approximate surface area is 131 Å². The molecule has 21 heavy (non-hydrogen) atoms. The number of rotatable bonds is 8. The molecule has 0 aromatic heterocycles. The molecule has 0 radical (unpaired) electrons. The fourth-order valence-corrected chi connectivity index (χ4v) is 1.95. The third kappa shape index (κ3) is 6.69. The van der Waals surface area contributed by atoms with E-state index < -0.39 is 0 Å². The lowest BCUT2D eigenvalue weighted by atomic mass is 10.2. The van der Waals surface area contributed by atoms with E-state index in [9.17, 15) is 0 Å². The van der Waals surface area contributed by atoms with Crippen molar-refractivity contribution < 1.29 is 9.47 Å². The predicted molar refractivity (Wildman–Crippen MR) is 87.3 cm³/mol. The van der Waals surface area contributed by atoms with Crippen LogP contribution in [0.25, 0.3) is 0 Å². The number of hydrogen-bond acceptors (Lipinski definition) is 3. The molecule has 0 saturated carbocycles. The molecule has 0 fully saturated rings. The minimum Gasteiger partial charge on any atom is -0.496 e. The minimum atomic E-state index is 0.617. The van der Waals surface area contributed by atoms with E-state index in [-0.39, 0.29) is 0 Å². The van der Waals surface area contributed by atoms with Crippen molar-refractivity contribution in [2.75, 3.05) is 33.9 Å². The zero-order chi connectivity index (χ0) is 15.5. The fraction of sp³-hybridized carbons (Fsp3) is 0.533. The molecule has 0 aliphatic heterocycles. The molecule has 0 spiro atoms. The van der Waals surface area contributed by atoms with Gasteiger partial charge >= 0.3 is 0 Å². The lowest BCUT2D eigenvalue weighted by Crippen LogP contribution is -2.37. The number of hydrogen-bond donors (Lipinski definition) is 2. The van der Waals surface area contributed by atoms with Crippen molar-refractivity contribution in [3.63, 3.8) is 0 Å². The summed E-state index contributed by atoms with van der Waals surface area (Å²) >= 11 is 5.95. The maximum Gasteiger partial charge on any atom is 0.191 e. The van der Waals surface area contributed by atoms with Gasteiger partial charge in [-0.15, -0.1) is 0 Å². The maximum absolute atomic E-state index is 5.95. The van der Waals surface area contributed by atoms with E-state index in [0.29, 0.717) is 11.6 Å². The smallest absolute Gasteiger partial charge is 0.191 e. The molecule has 1 aromatic carbocycles. The van der Waals surface area contributed by atoms with Crippen molar-refractivity contribution in [3.8, 4) is 5.75 Å². The van der Waals surface area contributed by atoms with Gasteiger partial charge in [-0.2, -0.15) is 0 Å². The van der Waals surface area contributed by atoms with E-state index in [1.807, 2.05) is 19.1 Å². The fourth-order valence-electron chi connectivity index (χ4n) is 1.79. The number of guanidine groups is 1. The van der Waals surface area contributed by atoms with E-state index >= 15 is 0 Å². The van der Waals surface area contributed by atoms with Crippen LogP contribution in [0.2, 0.25) is 5.02 Å². The SMILES string of the molecule is CCOCCCNC(=NC)NCc1ccc(Cl)cc1OC. The van der Waals surface area contributed by atoms with E-state index in [1.54, 1.807) is 20.2 Å². The Hall–Kier alpha value is -1.46. The molecule has 2 N–H and O–H groups in total. The van der Waals surface area contributed by atoms with Crippen LogP contribution in [0.15, 0.2) is 23.2 Å². The van der Waals surface area contributed by atoms with Gasteiger partial charge in [0.05, 0.1) is 7.11 Å². The summed E-state index contributed by atoms with van der Waals surface area (Å²) in [5, 5.41) is 7.15. The summed E-state index contributed by atoms with van der Waals surface area (Å²) < 4.78 is 10.6. The number of nitrogens with zero attached hydrogens (tertiary/aromatic N) is 1. The molecule has 6 heteroatoms. The molecule has 1 aromatic rings. The highest BCUT2D eigenvalue weighted by molar-refractivity contribution is 6.30. The topological polar surface area (TPSA) is 54.9 Å². The molecule has 1 rings (SSSR count). The third-order valence-corrected chi connectivity index (χ3v) is 3.12. The van der Waals surface area contributed by atoms with Crippen LogP contribution in [-0.4, -0.2) is 39.9 Å². The van der Waals surface area contributed by atoms with Gasteiger partial charge in [0.2, 0.25) is 0 Å². The van der Waals surface area contributed by atoms with Gasteiger partial charge in [0, 0.05) is 43.9 Å². The van der Waals surface area contributed by atoms with E-state index in [2.05, 4.69) is 15.6 Å². The van der Waals surface area contributed by atoms with Crippen LogP contribution in [0, 0.1) is 0 Å². The minimum absolute atomic E-state index is 0.617. The lowest BCUT2D eigenvalue weighted by Gasteiger charge is -2.14. The second kappa shape index (κ2) is 10.3. The second-order valence-electron chi connectivity index (χ2n) is 4.36. The number of ether oxygens (including phenoxy) is 2. The molecule has 0 atom stereocenters. The summed E-state index contributed by atoms with van der Waals surface area (Å²) in [6.45, 7) is 4.94. The van der Waals surface area contributed by atoms with Gasteiger partial charge in [0.1, 0.15) is 5.75 Å². The van der Waals surface area contributed by atoms with Crippen molar-refractivity contribution in [2.45, 2.75) is 19.9 Å². The first kappa shape index (κ1) is 17.6. The van der Waals surface area contributed by atoms with Crippen molar-refractivity contribution >= 4 is 17.6 Å². The summed E-state index contributed by atoms with van der Waals surface area (Å²) in [6, 6.07) is 5.59. The highest BCUT2D eigenvalue weighted by atomic mass is 35.5. The first-order chi connectivity index (χ1) is 10.2. The second-order valence-corrected chi connectivity index (χ2v) is 4.80. The maximum atomic E-state index is 5.95. The number of halogens is 1. The number of aliphatic imine (C=N–C) groups is 1. The number of benzene rings is 1. The van der Waals surface area contributed by atoms with Gasteiger partial charge in [-0.25, -0.2) is 0 Å². The van der Waals surface area contributed by atoms with Gasteiger partial charge in [0.15, 0.2) is 5.96 Å². The largest absolute Gasteiger partial charge is 0.496 e. The first-order valence-corrected chi connectivity index (χ1v) is 7.43. The molecule has 0 amide bonds. The van der Waals surface area contributed by atoms with E-state index in [4.69, 9.17) is 21.1 Å². The molecule has 118 valence electrons. The molecule has 0 saturated heterocycles. The molecular weight excluding hydrogens is 290 g/mol. The highest BCUT2D eigenvalue weighted by Gasteiger charge is 2.05. The normalized spacial score (nSPS) is 11.3. The Kier molecular flexibility index (Phi) is 8.62. The van der Waals surface area contributed by atoms with Crippen LogP contribution < -0.4 is 15.4 Å². The Morgan fingerprint density at radius 2 is 2.14 bits per heavy atom. The average Bonchev–Trinajstić information content (AvgIpc) is 2.50. The quantitative estimate of drug-likeness (QED) is 0.440. The summed E-state index contributed by atoms with van der Waals surface area (Å²) in [6.07, 6.45) is 0.943. The lowest BCUT2D eigenvalue weighted by molar-refractivity contribution is 0.145. The molecule has 0 heterocycles. The van der Waals surface area contributed by atoms with Crippen molar-refractivity contribution in [2.24, 2.45) is 4.99 Å². The van der Waals surface area contributed by atoms with Gasteiger partial charge in [-0.3, -0.25) is 4.99 Å².